The van der Waals surface area contributed by atoms with Crippen molar-refractivity contribution in [2.45, 2.75) is 26.7 Å². The van der Waals surface area contributed by atoms with Crippen molar-refractivity contribution in [3.05, 3.63) is 58.0 Å². The number of esters is 1. The highest BCUT2D eigenvalue weighted by atomic mass is 32.1. The van der Waals surface area contributed by atoms with E-state index in [0.717, 1.165) is 16.9 Å². The number of hydrogen-bond acceptors (Lipinski definition) is 6. The number of carbonyl (C=O) groups is 3. The summed E-state index contributed by atoms with van der Waals surface area (Å²) in [6.07, 6.45) is 4.41. The van der Waals surface area contributed by atoms with Crippen LogP contribution in [0.4, 0.5) is 5.00 Å². The molecule has 2 aromatic rings. The number of anilines is 1. The first kappa shape index (κ1) is 23.2. The Kier molecular flexibility index (Phi) is 7.79. The summed E-state index contributed by atoms with van der Waals surface area (Å²) in [5, 5.41) is 12.7. The summed E-state index contributed by atoms with van der Waals surface area (Å²) in [6, 6.07) is 11.7. The molecule has 1 fully saturated rings. The number of nitrogens with one attached hydrogen (secondary N) is 1. The standard InChI is InChI=1S/C24H25N3O4S/c1-3-31-24(30)21-16(2)19(15-25)23(32-21)26-22(29)18-11-13-27(14-12-18)20(28)10-9-17-7-5-4-6-8-17/h4-10,18H,3,11-14H2,1-2H3,(H,26,29)/b10-9+. The van der Waals surface area contributed by atoms with Gasteiger partial charge in [0.15, 0.2) is 0 Å². The van der Waals surface area contributed by atoms with Crippen LogP contribution in [0.1, 0.15) is 46.1 Å². The predicted octanol–water partition coefficient (Wildman–Crippen LogP) is 4.00. The van der Waals surface area contributed by atoms with Crippen molar-refractivity contribution in [1.29, 1.82) is 5.26 Å². The van der Waals surface area contributed by atoms with Gasteiger partial charge in [-0.2, -0.15) is 5.26 Å². The lowest BCUT2D eigenvalue weighted by Gasteiger charge is -2.30. The number of carbonyl (C=O) groups excluding carboxylic acids is 3. The van der Waals surface area contributed by atoms with Crippen LogP contribution in [0.5, 0.6) is 0 Å². The van der Waals surface area contributed by atoms with Gasteiger partial charge in [-0.1, -0.05) is 30.3 Å². The summed E-state index contributed by atoms with van der Waals surface area (Å²) in [6.45, 7) is 4.59. The molecule has 1 aliphatic heterocycles. The molecular weight excluding hydrogens is 426 g/mol. The number of nitriles is 1. The second-order valence-corrected chi connectivity index (χ2v) is 8.45. The topological polar surface area (TPSA) is 99.5 Å². The molecule has 8 heteroatoms. The zero-order valence-corrected chi connectivity index (χ0v) is 18.9. The average Bonchev–Trinajstić information content (AvgIpc) is 3.13. The lowest BCUT2D eigenvalue weighted by atomic mass is 9.95. The maximum atomic E-state index is 12.8. The Hall–Kier alpha value is -3.44. The number of hydrogen-bond donors (Lipinski definition) is 1. The Morgan fingerprint density at radius 1 is 1.25 bits per heavy atom. The van der Waals surface area contributed by atoms with Crippen molar-refractivity contribution >= 4 is 40.2 Å². The third kappa shape index (κ3) is 5.42. The van der Waals surface area contributed by atoms with Gasteiger partial charge in [-0.15, -0.1) is 11.3 Å². The van der Waals surface area contributed by atoms with Crippen LogP contribution in [0, 0.1) is 24.2 Å². The molecule has 0 bridgehead atoms. The number of ether oxygens (including phenoxy) is 1. The molecule has 1 saturated heterocycles. The van der Waals surface area contributed by atoms with Crippen LogP contribution < -0.4 is 5.32 Å². The minimum Gasteiger partial charge on any atom is -0.462 e. The monoisotopic (exact) mass is 451 g/mol. The molecule has 7 nitrogen and oxygen atoms in total. The largest absolute Gasteiger partial charge is 0.462 e. The Bertz CT molecular complexity index is 1060. The van der Waals surface area contributed by atoms with Crippen LogP contribution in [-0.2, 0) is 14.3 Å². The Morgan fingerprint density at radius 3 is 2.56 bits per heavy atom. The first-order chi connectivity index (χ1) is 15.4. The molecule has 0 radical (unpaired) electrons. The van der Waals surface area contributed by atoms with Crippen LogP contribution in [0.25, 0.3) is 6.08 Å². The van der Waals surface area contributed by atoms with E-state index in [0.29, 0.717) is 41.4 Å². The molecule has 2 amide bonds. The fourth-order valence-electron chi connectivity index (χ4n) is 3.54. The molecule has 0 spiro atoms. The predicted molar refractivity (Wildman–Crippen MR) is 123 cm³/mol. The van der Waals surface area contributed by atoms with Gasteiger partial charge < -0.3 is 15.0 Å². The van der Waals surface area contributed by atoms with Gasteiger partial charge >= 0.3 is 5.97 Å². The number of nitrogens with zero attached hydrogens (tertiary/aromatic N) is 2. The molecule has 0 aliphatic carbocycles. The van der Waals surface area contributed by atoms with Gasteiger partial charge in [-0.05, 0) is 43.9 Å². The molecule has 1 N–H and O–H groups in total. The van der Waals surface area contributed by atoms with Gasteiger partial charge in [0.25, 0.3) is 0 Å². The lowest BCUT2D eigenvalue weighted by Crippen LogP contribution is -2.40. The highest BCUT2D eigenvalue weighted by molar-refractivity contribution is 7.18. The third-order valence-electron chi connectivity index (χ3n) is 5.35. The molecule has 1 aromatic carbocycles. The highest BCUT2D eigenvalue weighted by Gasteiger charge is 2.29. The van der Waals surface area contributed by atoms with Crippen LogP contribution in [0.2, 0.25) is 0 Å². The van der Waals surface area contributed by atoms with Crippen LogP contribution in [0.15, 0.2) is 36.4 Å². The van der Waals surface area contributed by atoms with Crippen molar-refractivity contribution in [2.24, 2.45) is 5.92 Å². The van der Waals surface area contributed by atoms with Crippen LogP contribution >= 0.6 is 11.3 Å². The second-order valence-electron chi connectivity index (χ2n) is 7.43. The number of benzene rings is 1. The van der Waals surface area contributed by atoms with Crippen molar-refractivity contribution in [1.82, 2.24) is 4.90 Å². The van der Waals surface area contributed by atoms with Gasteiger partial charge in [-0.25, -0.2) is 4.79 Å². The number of amides is 2. The zero-order valence-electron chi connectivity index (χ0n) is 18.1. The van der Waals surface area contributed by atoms with E-state index in [1.165, 1.54) is 0 Å². The minimum atomic E-state index is -0.498. The normalized spacial score (nSPS) is 14.2. The summed E-state index contributed by atoms with van der Waals surface area (Å²) in [4.78, 5) is 39.4. The smallest absolute Gasteiger partial charge is 0.348 e. The van der Waals surface area contributed by atoms with E-state index in [4.69, 9.17) is 4.74 Å². The maximum absolute atomic E-state index is 12.8. The molecule has 0 unspecified atom stereocenters. The van der Waals surface area contributed by atoms with Crippen LogP contribution in [-0.4, -0.2) is 42.4 Å². The van der Waals surface area contributed by atoms with Gasteiger partial charge in [0.05, 0.1) is 12.2 Å². The molecule has 166 valence electrons. The van der Waals surface area contributed by atoms with E-state index < -0.39 is 5.97 Å². The van der Waals surface area contributed by atoms with E-state index in [2.05, 4.69) is 11.4 Å². The van der Waals surface area contributed by atoms with E-state index in [1.807, 2.05) is 30.3 Å². The summed E-state index contributed by atoms with van der Waals surface area (Å²) in [5.74, 6) is -1.04. The summed E-state index contributed by atoms with van der Waals surface area (Å²) in [7, 11) is 0. The Labute approximate surface area is 191 Å². The van der Waals surface area contributed by atoms with Gasteiger partial charge in [0, 0.05) is 25.1 Å². The summed E-state index contributed by atoms with van der Waals surface area (Å²) < 4.78 is 5.03. The van der Waals surface area contributed by atoms with Crippen molar-refractivity contribution < 1.29 is 19.1 Å². The Balaban J connectivity index is 1.58. The fourth-order valence-corrected chi connectivity index (χ4v) is 4.59. The number of thiophene rings is 1. The third-order valence-corrected chi connectivity index (χ3v) is 6.54. The summed E-state index contributed by atoms with van der Waals surface area (Å²) >= 11 is 1.06. The van der Waals surface area contributed by atoms with Crippen molar-refractivity contribution in [3.63, 3.8) is 0 Å². The van der Waals surface area contributed by atoms with Crippen molar-refractivity contribution in [3.8, 4) is 6.07 Å². The molecule has 32 heavy (non-hydrogen) atoms. The molecule has 3 rings (SSSR count). The van der Waals surface area contributed by atoms with E-state index >= 15 is 0 Å². The molecule has 0 saturated carbocycles. The highest BCUT2D eigenvalue weighted by Crippen LogP contribution is 2.34. The minimum absolute atomic E-state index is 0.0764. The first-order valence-corrected chi connectivity index (χ1v) is 11.3. The average molecular weight is 452 g/mol. The van der Waals surface area contributed by atoms with Gasteiger partial charge in [0.1, 0.15) is 15.9 Å². The summed E-state index contributed by atoms with van der Waals surface area (Å²) in [5.41, 5.74) is 1.75. The zero-order chi connectivity index (χ0) is 23.1. The van der Waals surface area contributed by atoms with E-state index in [-0.39, 0.29) is 29.9 Å². The van der Waals surface area contributed by atoms with E-state index in [1.54, 1.807) is 30.9 Å². The van der Waals surface area contributed by atoms with Gasteiger partial charge in [-0.3, -0.25) is 9.59 Å². The first-order valence-electron chi connectivity index (χ1n) is 10.5. The quantitative estimate of drug-likeness (QED) is 0.529. The van der Waals surface area contributed by atoms with E-state index in [9.17, 15) is 19.6 Å². The molecule has 1 aromatic heterocycles. The number of likely N-dealkylation sites (tertiary alicyclic amines) is 1. The number of piperidine rings is 1. The SMILES string of the molecule is CCOC(=O)c1sc(NC(=O)C2CCN(C(=O)/C=C/c3ccccc3)CC2)c(C#N)c1C. The maximum Gasteiger partial charge on any atom is 0.348 e. The lowest BCUT2D eigenvalue weighted by molar-refractivity contribution is -0.130. The van der Waals surface area contributed by atoms with Gasteiger partial charge in [0.2, 0.25) is 11.8 Å². The van der Waals surface area contributed by atoms with Crippen molar-refractivity contribution in [2.75, 3.05) is 25.0 Å². The second kappa shape index (κ2) is 10.7. The van der Waals surface area contributed by atoms with Crippen LogP contribution in [0.3, 0.4) is 0 Å². The molecular formula is C24H25N3O4S. The molecule has 1 aliphatic rings. The number of rotatable bonds is 6. The Morgan fingerprint density at radius 2 is 1.94 bits per heavy atom. The molecule has 0 atom stereocenters. The fraction of sp³-hybridized carbons (Fsp3) is 0.333. The molecule has 2 heterocycles.